The number of hydrogen-bond donors (Lipinski definition) is 0. The fraction of sp³-hybridized carbons (Fsp3) is 1.00. The number of hydrogen-bond acceptors (Lipinski definition) is 2. The standard InChI is InChI=1S/C4H8Br2S2/c5-7-3-1-2-4-8-6/h1-4H2. The predicted octanol–water partition coefficient (Wildman–Crippen LogP) is 3.85. The van der Waals surface area contributed by atoms with Gasteiger partial charge in [-0.05, 0) is 42.5 Å². The first-order valence-electron chi connectivity index (χ1n) is 2.39. The zero-order chi connectivity index (χ0) is 6.24. The van der Waals surface area contributed by atoms with Crippen molar-refractivity contribution < 1.29 is 0 Å². The average molecular weight is 280 g/mol. The fourth-order valence-electron chi connectivity index (χ4n) is 0.313. The van der Waals surface area contributed by atoms with Crippen LogP contribution < -0.4 is 0 Å². The molecule has 0 amide bonds. The molecule has 0 aromatic heterocycles. The van der Waals surface area contributed by atoms with E-state index in [0.29, 0.717) is 0 Å². The van der Waals surface area contributed by atoms with E-state index in [2.05, 4.69) is 29.6 Å². The van der Waals surface area contributed by atoms with E-state index in [-0.39, 0.29) is 0 Å². The third kappa shape index (κ3) is 7.66. The molecular formula is C4H8Br2S2. The topological polar surface area (TPSA) is 0 Å². The molecule has 0 saturated heterocycles. The minimum Gasteiger partial charge on any atom is -0.0836 e. The molecule has 50 valence electrons. The van der Waals surface area contributed by atoms with Crippen LogP contribution in [-0.4, -0.2) is 11.5 Å². The lowest BCUT2D eigenvalue weighted by Crippen LogP contribution is -1.78. The maximum atomic E-state index is 3.30. The van der Waals surface area contributed by atoms with E-state index < -0.39 is 0 Å². The van der Waals surface area contributed by atoms with E-state index in [9.17, 15) is 0 Å². The second kappa shape index (κ2) is 8.66. The molecule has 0 unspecified atom stereocenters. The van der Waals surface area contributed by atoms with Crippen molar-refractivity contribution in [2.24, 2.45) is 0 Å². The highest BCUT2D eigenvalue weighted by Gasteiger charge is 1.85. The summed E-state index contributed by atoms with van der Waals surface area (Å²) in [5.41, 5.74) is 0. The highest BCUT2D eigenvalue weighted by molar-refractivity contribution is 9.50. The van der Waals surface area contributed by atoms with E-state index >= 15 is 0 Å². The van der Waals surface area contributed by atoms with Crippen molar-refractivity contribution in [3.8, 4) is 0 Å². The van der Waals surface area contributed by atoms with Gasteiger partial charge in [0.15, 0.2) is 0 Å². The fourth-order valence-corrected chi connectivity index (χ4v) is 2.31. The lowest BCUT2D eigenvalue weighted by atomic mass is 10.4. The Bertz CT molecular complexity index is 37.0. The molecule has 0 aromatic carbocycles. The van der Waals surface area contributed by atoms with Crippen LogP contribution in [0.3, 0.4) is 0 Å². The minimum absolute atomic E-state index is 1.23. The maximum absolute atomic E-state index is 3.30. The molecule has 4 heteroatoms. The summed E-state index contributed by atoms with van der Waals surface area (Å²) < 4.78 is 0. The highest BCUT2D eigenvalue weighted by Crippen LogP contribution is 2.16. The van der Waals surface area contributed by atoms with Crippen molar-refractivity contribution in [2.75, 3.05) is 11.5 Å². The predicted molar refractivity (Wildman–Crippen MR) is 52.0 cm³/mol. The quantitative estimate of drug-likeness (QED) is 0.701. The Morgan fingerprint density at radius 1 is 0.875 bits per heavy atom. The largest absolute Gasteiger partial charge is 0.0836 e. The first-order chi connectivity index (χ1) is 3.91. The van der Waals surface area contributed by atoms with E-state index in [4.69, 9.17) is 0 Å². The van der Waals surface area contributed by atoms with Gasteiger partial charge in [0.05, 0.1) is 0 Å². The Balaban J connectivity index is 2.53. The van der Waals surface area contributed by atoms with Crippen LogP contribution in [0.25, 0.3) is 0 Å². The van der Waals surface area contributed by atoms with Crippen LogP contribution in [0.4, 0.5) is 0 Å². The van der Waals surface area contributed by atoms with Crippen molar-refractivity contribution in [3.05, 3.63) is 0 Å². The van der Waals surface area contributed by atoms with Crippen LogP contribution >= 0.6 is 50.0 Å². The summed E-state index contributed by atoms with van der Waals surface area (Å²) in [6, 6.07) is 0. The summed E-state index contributed by atoms with van der Waals surface area (Å²) in [5, 5.41) is 0. The zero-order valence-electron chi connectivity index (χ0n) is 4.40. The molecule has 0 aliphatic rings. The molecule has 0 radical (unpaired) electrons. The van der Waals surface area contributed by atoms with Crippen LogP contribution in [0.2, 0.25) is 0 Å². The van der Waals surface area contributed by atoms with Crippen LogP contribution in [0.1, 0.15) is 12.8 Å². The number of halogens is 2. The molecular weight excluding hydrogens is 272 g/mol. The molecule has 0 rings (SSSR count). The summed E-state index contributed by atoms with van der Waals surface area (Å²) in [4.78, 5) is 0. The second-order valence-corrected chi connectivity index (χ2v) is 5.33. The molecule has 0 atom stereocenters. The zero-order valence-corrected chi connectivity index (χ0v) is 9.21. The van der Waals surface area contributed by atoms with Crippen molar-refractivity contribution in [3.63, 3.8) is 0 Å². The van der Waals surface area contributed by atoms with Crippen LogP contribution in [0, 0.1) is 0 Å². The van der Waals surface area contributed by atoms with E-state index in [0.717, 1.165) is 0 Å². The van der Waals surface area contributed by atoms with Gasteiger partial charge in [0.25, 0.3) is 0 Å². The Kier molecular flexibility index (Phi) is 10.5. The summed E-state index contributed by atoms with van der Waals surface area (Å²) >= 11 is 6.60. The Morgan fingerprint density at radius 2 is 1.25 bits per heavy atom. The van der Waals surface area contributed by atoms with Crippen molar-refractivity contribution in [2.45, 2.75) is 12.8 Å². The highest BCUT2D eigenvalue weighted by atomic mass is 79.9. The third-order valence-corrected chi connectivity index (χ3v) is 3.52. The molecule has 0 heterocycles. The summed E-state index contributed by atoms with van der Waals surface area (Å²) in [7, 11) is 3.48. The normalized spacial score (nSPS) is 9.75. The molecule has 0 nitrogen and oxygen atoms in total. The maximum Gasteiger partial charge on any atom is 0.00428 e. The van der Waals surface area contributed by atoms with Crippen molar-refractivity contribution in [1.82, 2.24) is 0 Å². The number of unbranched alkanes of at least 4 members (excludes halogenated alkanes) is 1. The van der Waals surface area contributed by atoms with Crippen LogP contribution in [0.15, 0.2) is 0 Å². The molecule has 0 aliphatic heterocycles. The van der Waals surface area contributed by atoms with Gasteiger partial charge in [-0.15, -0.1) is 0 Å². The molecule has 0 spiro atoms. The van der Waals surface area contributed by atoms with Crippen molar-refractivity contribution >= 4 is 50.0 Å². The van der Waals surface area contributed by atoms with Gasteiger partial charge in [0, 0.05) is 11.5 Å². The van der Waals surface area contributed by atoms with Gasteiger partial charge in [0.2, 0.25) is 0 Å². The van der Waals surface area contributed by atoms with Crippen LogP contribution in [0.5, 0.6) is 0 Å². The molecule has 0 saturated carbocycles. The smallest absolute Gasteiger partial charge is 0.00428 e. The van der Waals surface area contributed by atoms with Gasteiger partial charge in [-0.2, -0.15) is 0 Å². The molecule has 0 bridgehead atoms. The van der Waals surface area contributed by atoms with Gasteiger partial charge < -0.3 is 0 Å². The van der Waals surface area contributed by atoms with Crippen molar-refractivity contribution in [1.29, 1.82) is 0 Å². The summed E-state index contributed by atoms with van der Waals surface area (Å²) in [6.07, 6.45) is 2.63. The SMILES string of the molecule is BrSCCCCSBr. The second-order valence-electron chi connectivity index (χ2n) is 1.33. The first-order valence-corrected chi connectivity index (χ1v) is 8.04. The van der Waals surface area contributed by atoms with E-state index in [1.807, 2.05) is 0 Å². The minimum atomic E-state index is 1.23. The van der Waals surface area contributed by atoms with Gasteiger partial charge in [-0.1, -0.05) is 20.4 Å². The third-order valence-electron chi connectivity index (χ3n) is 0.693. The average Bonchev–Trinajstić information content (AvgIpc) is 1.81. The molecule has 0 N–H and O–H groups in total. The van der Waals surface area contributed by atoms with Gasteiger partial charge >= 0.3 is 0 Å². The lowest BCUT2D eigenvalue weighted by Gasteiger charge is -1.91. The van der Waals surface area contributed by atoms with Gasteiger partial charge in [0.1, 0.15) is 0 Å². The van der Waals surface area contributed by atoms with Gasteiger partial charge in [-0.25, -0.2) is 0 Å². The Labute approximate surface area is 74.0 Å². The molecule has 0 aromatic rings. The van der Waals surface area contributed by atoms with E-state index in [1.165, 1.54) is 24.3 Å². The lowest BCUT2D eigenvalue weighted by molar-refractivity contribution is 0.912. The molecule has 8 heavy (non-hydrogen) atoms. The molecule has 0 fully saturated rings. The monoisotopic (exact) mass is 278 g/mol. The summed E-state index contributed by atoms with van der Waals surface area (Å²) in [6.45, 7) is 0. The van der Waals surface area contributed by atoms with E-state index in [1.54, 1.807) is 20.4 Å². The summed E-state index contributed by atoms with van der Waals surface area (Å²) in [5.74, 6) is 2.46. The first kappa shape index (κ1) is 9.66. The van der Waals surface area contributed by atoms with Gasteiger partial charge in [-0.3, -0.25) is 0 Å². The molecule has 0 aliphatic carbocycles. The van der Waals surface area contributed by atoms with Crippen LogP contribution in [-0.2, 0) is 0 Å². The Hall–Kier alpha value is 1.66. The Morgan fingerprint density at radius 3 is 1.50 bits per heavy atom. The number of rotatable bonds is 5.